The van der Waals surface area contributed by atoms with Crippen LogP contribution in [0.25, 0.3) is 21.7 Å². The Morgan fingerprint density at radius 1 is 1.07 bits per heavy atom. The zero-order chi connectivity index (χ0) is 19.5. The van der Waals surface area contributed by atoms with Gasteiger partial charge in [0.1, 0.15) is 0 Å². The van der Waals surface area contributed by atoms with Crippen LogP contribution in [0.3, 0.4) is 0 Å². The number of hydrogen-bond acceptors (Lipinski definition) is 3. The second-order valence-corrected chi connectivity index (χ2v) is 8.83. The third-order valence-corrected chi connectivity index (χ3v) is 6.17. The fourth-order valence-corrected chi connectivity index (χ4v) is 4.69. The van der Waals surface area contributed by atoms with E-state index >= 15 is 0 Å². The maximum absolute atomic E-state index is 12.7. The summed E-state index contributed by atoms with van der Waals surface area (Å²) < 4.78 is 2.08. The molecule has 0 aliphatic carbocycles. The SMILES string of the molecule is CC(C)Cn1nccc1-c1cc(-c2ccc(C(=O)N3CCCCC3)cc2)cs1. The number of likely N-dealkylation sites (tertiary alicyclic amines) is 1. The van der Waals surface area contributed by atoms with Gasteiger partial charge in [-0.1, -0.05) is 26.0 Å². The normalized spacial score (nSPS) is 14.6. The number of aromatic nitrogens is 2. The Morgan fingerprint density at radius 3 is 2.54 bits per heavy atom. The standard InChI is InChI=1S/C23H27N3OS/c1-17(2)15-26-21(10-11-24-26)22-14-20(16-28-22)18-6-8-19(9-7-18)23(27)25-12-4-3-5-13-25/h6-11,14,16-17H,3-5,12-13,15H2,1-2H3. The number of carbonyl (C=O) groups excluding carboxylic acids is 1. The summed E-state index contributed by atoms with van der Waals surface area (Å²) in [5.41, 5.74) is 4.29. The lowest BCUT2D eigenvalue weighted by Gasteiger charge is -2.26. The molecule has 0 spiro atoms. The number of thiophene rings is 1. The monoisotopic (exact) mass is 393 g/mol. The number of nitrogens with zero attached hydrogens (tertiary/aromatic N) is 3. The van der Waals surface area contributed by atoms with E-state index in [1.165, 1.54) is 22.6 Å². The molecule has 3 heterocycles. The minimum Gasteiger partial charge on any atom is -0.339 e. The molecule has 4 nitrogen and oxygen atoms in total. The summed E-state index contributed by atoms with van der Waals surface area (Å²) in [5.74, 6) is 0.720. The molecule has 1 fully saturated rings. The molecule has 0 bridgehead atoms. The number of rotatable bonds is 5. The van der Waals surface area contributed by atoms with Gasteiger partial charge in [-0.2, -0.15) is 5.10 Å². The Hall–Kier alpha value is -2.40. The third kappa shape index (κ3) is 4.04. The van der Waals surface area contributed by atoms with E-state index in [-0.39, 0.29) is 5.91 Å². The van der Waals surface area contributed by atoms with Crippen molar-refractivity contribution in [2.45, 2.75) is 39.7 Å². The van der Waals surface area contributed by atoms with Crippen molar-refractivity contribution < 1.29 is 4.79 Å². The van der Waals surface area contributed by atoms with Crippen LogP contribution in [-0.2, 0) is 6.54 Å². The van der Waals surface area contributed by atoms with E-state index in [0.717, 1.165) is 43.6 Å². The van der Waals surface area contributed by atoms with Gasteiger partial charge >= 0.3 is 0 Å². The van der Waals surface area contributed by atoms with Crippen molar-refractivity contribution in [2.24, 2.45) is 5.92 Å². The lowest BCUT2D eigenvalue weighted by molar-refractivity contribution is 0.0724. The molecule has 0 unspecified atom stereocenters. The van der Waals surface area contributed by atoms with Crippen molar-refractivity contribution in [3.8, 4) is 21.7 Å². The topological polar surface area (TPSA) is 38.1 Å². The molecule has 0 N–H and O–H groups in total. The maximum atomic E-state index is 12.7. The van der Waals surface area contributed by atoms with Gasteiger partial charge in [0.25, 0.3) is 5.91 Å². The van der Waals surface area contributed by atoms with Crippen LogP contribution in [0, 0.1) is 5.92 Å². The molecule has 28 heavy (non-hydrogen) atoms. The average Bonchev–Trinajstić information content (AvgIpc) is 3.37. The van der Waals surface area contributed by atoms with E-state index in [4.69, 9.17) is 0 Å². The summed E-state index contributed by atoms with van der Waals surface area (Å²) in [4.78, 5) is 15.9. The fourth-order valence-electron chi connectivity index (χ4n) is 3.74. The summed E-state index contributed by atoms with van der Waals surface area (Å²) in [6, 6.07) is 12.4. The summed E-state index contributed by atoms with van der Waals surface area (Å²) in [7, 11) is 0. The average molecular weight is 394 g/mol. The molecule has 2 aromatic heterocycles. The van der Waals surface area contributed by atoms with E-state index in [9.17, 15) is 4.79 Å². The molecule has 5 heteroatoms. The van der Waals surface area contributed by atoms with E-state index in [0.29, 0.717) is 5.92 Å². The van der Waals surface area contributed by atoms with Gasteiger partial charge in [-0.15, -0.1) is 11.3 Å². The third-order valence-electron chi connectivity index (χ3n) is 5.21. The Bertz CT molecular complexity index is 933. The number of amides is 1. The summed E-state index contributed by atoms with van der Waals surface area (Å²) in [6.45, 7) is 7.11. The zero-order valence-electron chi connectivity index (χ0n) is 16.6. The molecule has 1 amide bonds. The summed E-state index contributed by atoms with van der Waals surface area (Å²) in [6.07, 6.45) is 5.35. The van der Waals surface area contributed by atoms with Crippen molar-refractivity contribution in [3.63, 3.8) is 0 Å². The van der Waals surface area contributed by atoms with E-state index in [2.05, 4.69) is 53.3 Å². The highest BCUT2D eigenvalue weighted by Gasteiger charge is 2.18. The minimum atomic E-state index is 0.162. The highest BCUT2D eigenvalue weighted by molar-refractivity contribution is 7.14. The van der Waals surface area contributed by atoms with Crippen LogP contribution in [0.5, 0.6) is 0 Å². The largest absolute Gasteiger partial charge is 0.339 e. The van der Waals surface area contributed by atoms with E-state index < -0.39 is 0 Å². The van der Waals surface area contributed by atoms with Crippen molar-refractivity contribution in [1.29, 1.82) is 0 Å². The fraction of sp³-hybridized carbons (Fsp3) is 0.391. The van der Waals surface area contributed by atoms with Gasteiger partial charge in [0.05, 0.1) is 10.6 Å². The quantitative estimate of drug-likeness (QED) is 0.569. The molecule has 0 radical (unpaired) electrons. The van der Waals surface area contributed by atoms with Gasteiger partial charge in [-0.25, -0.2) is 0 Å². The van der Waals surface area contributed by atoms with E-state index in [1.807, 2.05) is 23.2 Å². The van der Waals surface area contributed by atoms with Gasteiger partial charge in [0.2, 0.25) is 0 Å². The highest BCUT2D eigenvalue weighted by Crippen LogP contribution is 2.33. The molecule has 0 saturated carbocycles. The molecule has 146 valence electrons. The number of piperidine rings is 1. The maximum Gasteiger partial charge on any atom is 0.253 e. The van der Waals surface area contributed by atoms with Crippen molar-refractivity contribution in [1.82, 2.24) is 14.7 Å². The van der Waals surface area contributed by atoms with Crippen molar-refractivity contribution in [2.75, 3.05) is 13.1 Å². The number of carbonyl (C=O) groups is 1. The molecule has 1 aliphatic heterocycles. The Morgan fingerprint density at radius 2 is 1.82 bits per heavy atom. The number of benzene rings is 1. The molecular formula is C23H27N3OS. The highest BCUT2D eigenvalue weighted by atomic mass is 32.1. The van der Waals surface area contributed by atoms with Crippen molar-refractivity contribution in [3.05, 3.63) is 53.5 Å². The Balaban J connectivity index is 1.51. The summed E-state index contributed by atoms with van der Waals surface area (Å²) in [5, 5.41) is 6.66. The van der Waals surface area contributed by atoms with Crippen LogP contribution in [-0.4, -0.2) is 33.7 Å². The van der Waals surface area contributed by atoms with Gasteiger partial charge in [0.15, 0.2) is 0 Å². The first-order chi connectivity index (χ1) is 13.6. The molecule has 3 aromatic rings. The molecule has 4 rings (SSSR count). The van der Waals surface area contributed by atoms with Gasteiger partial charge < -0.3 is 4.90 Å². The van der Waals surface area contributed by atoms with Gasteiger partial charge in [-0.3, -0.25) is 9.48 Å². The second kappa shape index (κ2) is 8.31. The predicted octanol–water partition coefficient (Wildman–Crippen LogP) is 5.56. The van der Waals surface area contributed by atoms with Crippen LogP contribution < -0.4 is 0 Å². The molecule has 1 saturated heterocycles. The van der Waals surface area contributed by atoms with Crippen LogP contribution in [0.4, 0.5) is 0 Å². The predicted molar refractivity (Wildman–Crippen MR) is 116 cm³/mol. The Kier molecular flexibility index (Phi) is 5.62. The second-order valence-electron chi connectivity index (χ2n) is 7.92. The lowest BCUT2D eigenvalue weighted by atomic mass is 10.0. The molecule has 1 aromatic carbocycles. The van der Waals surface area contributed by atoms with Crippen LogP contribution in [0.1, 0.15) is 43.5 Å². The molecule has 0 atom stereocenters. The van der Waals surface area contributed by atoms with Crippen LogP contribution in [0.15, 0.2) is 48.0 Å². The smallest absolute Gasteiger partial charge is 0.253 e. The van der Waals surface area contributed by atoms with Gasteiger partial charge in [0, 0.05) is 31.4 Å². The molecular weight excluding hydrogens is 366 g/mol. The van der Waals surface area contributed by atoms with Crippen molar-refractivity contribution >= 4 is 17.2 Å². The first-order valence-corrected chi connectivity index (χ1v) is 11.0. The first-order valence-electron chi connectivity index (χ1n) is 10.1. The van der Waals surface area contributed by atoms with Crippen LogP contribution in [0.2, 0.25) is 0 Å². The summed E-state index contributed by atoms with van der Waals surface area (Å²) >= 11 is 1.74. The molecule has 1 aliphatic rings. The number of hydrogen-bond donors (Lipinski definition) is 0. The minimum absolute atomic E-state index is 0.162. The zero-order valence-corrected chi connectivity index (χ0v) is 17.4. The Labute approximate surface area is 170 Å². The van der Waals surface area contributed by atoms with Gasteiger partial charge in [-0.05, 0) is 66.0 Å². The van der Waals surface area contributed by atoms with Crippen LogP contribution >= 0.6 is 11.3 Å². The lowest BCUT2D eigenvalue weighted by Crippen LogP contribution is -2.35. The van der Waals surface area contributed by atoms with E-state index in [1.54, 1.807) is 11.3 Å². The first kappa shape index (κ1) is 18.9.